The van der Waals surface area contributed by atoms with Crippen molar-refractivity contribution in [3.63, 3.8) is 0 Å². The molecule has 11 rings (SSSR count). The van der Waals surface area contributed by atoms with Crippen LogP contribution in [-0.4, -0.2) is 104 Å². The van der Waals surface area contributed by atoms with Crippen molar-refractivity contribution in [3.8, 4) is 12.1 Å². The summed E-state index contributed by atoms with van der Waals surface area (Å²) < 4.78 is 48.3. The molecular formula is C64H71N9O6S2. The van der Waals surface area contributed by atoms with E-state index in [1.807, 2.05) is 75.9 Å². The lowest BCUT2D eigenvalue weighted by Gasteiger charge is -2.37. The summed E-state index contributed by atoms with van der Waals surface area (Å²) in [6.45, 7) is 14.2. The van der Waals surface area contributed by atoms with E-state index in [1.165, 1.54) is 39.9 Å². The van der Waals surface area contributed by atoms with Gasteiger partial charge in [-0.1, -0.05) is 66.7 Å². The van der Waals surface area contributed by atoms with Crippen molar-refractivity contribution >= 4 is 48.9 Å². The van der Waals surface area contributed by atoms with Gasteiger partial charge in [-0.3, -0.25) is 9.59 Å². The topological polar surface area (TPSA) is 218 Å². The zero-order chi connectivity index (χ0) is 57.3. The molecule has 17 heteroatoms. The van der Waals surface area contributed by atoms with Crippen LogP contribution >= 0.6 is 0 Å². The van der Waals surface area contributed by atoms with Crippen molar-refractivity contribution in [3.05, 3.63) is 183 Å². The number of nitrogens with zero attached hydrogens (tertiary/aromatic N) is 7. The van der Waals surface area contributed by atoms with E-state index in [9.17, 15) is 36.9 Å². The number of fused-ring (bicyclic) bond motifs is 1. The first-order chi connectivity index (χ1) is 38.8. The summed E-state index contributed by atoms with van der Waals surface area (Å²) in [5.41, 5.74) is 13.2. The van der Waals surface area contributed by atoms with Gasteiger partial charge in [-0.2, -0.15) is 10.5 Å². The number of piperazine rings is 2. The van der Waals surface area contributed by atoms with Gasteiger partial charge in [0.15, 0.2) is 0 Å². The largest absolute Gasteiger partial charge is 0.370 e. The molecule has 3 aliphatic heterocycles. The highest BCUT2D eigenvalue weighted by Crippen LogP contribution is 2.63. The molecule has 0 radical (unpaired) electrons. The molecule has 0 aromatic heterocycles. The fourth-order valence-corrected chi connectivity index (χ4v) is 14.9. The summed E-state index contributed by atoms with van der Waals surface area (Å²) in [6, 6.07) is 42.4. The number of hydrogen-bond acceptors (Lipinski definition) is 11. The minimum Gasteiger partial charge on any atom is -0.370 e. The minimum absolute atomic E-state index is 0.00845. The Morgan fingerprint density at radius 3 is 1.43 bits per heavy atom. The van der Waals surface area contributed by atoms with Crippen molar-refractivity contribution in [2.45, 2.75) is 75.5 Å². The van der Waals surface area contributed by atoms with E-state index < -0.39 is 20.0 Å². The average Bonchev–Trinajstić information content (AvgIpc) is 4.02. The molecule has 81 heavy (non-hydrogen) atoms. The molecule has 0 bridgehead atoms. The van der Waals surface area contributed by atoms with E-state index in [-0.39, 0.29) is 21.6 Å². The second kappa shape index (κ2) is 23.5. The minimum atomic E-state index is -3.84. The van der Waals surface area contributed by atoms with Crippen LogP contribution < -0.4 is 25.0 Å². The number of primary sulfonamides is 2. The second-order valence-corrected chi connectivity index (χ2v) is 25.8. The number of amides is 2. The number of sulfonamides is 2. The van der Waals surface area contributed by atoms with Crippen LogP contribution in [0.15, 0.2) is 131 Å². The van der Waals surface area contributed by atoms with Crippen LogP contribution in [-0.2, 0) is 32.9 Å². The maximum atomic E-state index is 13.7. The molecule has 2 aliphatic carbocycles. The maximum Gasteiger partial charge on any atom is 0.254 e. The van der Waals surface area contributed by atoms with Crippen LogP contribution in [0.3, 0.4) is 0 Å². The normalized spacial score (nSPS) is 20.7. The number of nitrogens with two attached hydrogens (primary N) is 2. The third-order valence-corrected chi connectivity index (χ3v) is 19.7. The number of benzene rings is 6. The van der Waals surface area contributed by atoms with E-state index in [4.69, 9.17) is 10.3 Å². The number of rotatable bonds is 12. The van der Waals surface area contributed by atoms with Crippen molar-refractivity contribution < 1.29 is 26.4 Å². The van der Waals surface area contributed by atoms with E-state index >= 15 is 0 Å². The van der Waals surface area contributed by atoms with Crippen LogP contribution in [0.5, 0.6) is 0 Å². The Labute approximate surface area is 477 Å². The number of hydrogen-bond donors (Lipinski definition) is 2. The number of anilines is 3. The van der Waals surface area contributed by atoms with E-state index in [0.717, 1.165) is 78.7 Å². The fourth-order valence-electron chi connectivity index (χ4n) is 13.4. The SMILES string of the molecule is Cc1cc(C)c(C(=O)N2CCN(c3ccccc3S(N)(=O)=O)CC2)cc1CC1C2CC(c3ccccc3C#N)CC12.Cc1cc(C)c(C(=O)N2CCN(c3ccccc3S(N)(=O)=O)CC2)cc1CC1CCN(c2ccccc2C#N)C1. The first-order valence-electron chi connectivity index (χ1n) is 28.1. The Kier molecular flexibility index (Phi) is 16.5. The van der Waals surface area contributed by atoms with Crippen LogP contribution in [0.1, 0.15) is 96.0 Å². The number of aryl methyl sites for hydroxylation is 4. The molecule has 6 aromatic carbocycles. The smallest absolute Gasteiger partial charge is 0.254 e. The Morgan fingerprint density at radius 1 is 0.519 bits per heavy atom. The molecule has 3 heterocycles. The fraction of sp³-hybridized carbons (Fsp3) is 0.375. The van der Waals surface area contributed by atoms with E-state index in [2.05, 4.69) is 61.2 Å². The van der Waals surface area contributed by atoms with Crippen molar-refractivity contribution in [1.29, 1.82) is 10.5 Å². The summed E-state index contributed by atoms with van der Waals surface area (Å²) in [5, 5.41) is 29.9. The van der Waals surface area contributed by atoms with Crippen LogP contribution in [0.4, 0.5) is 17.1 Å². The molecule has 3 saturated heterocycles. The van der Waals surface area contributed by atoms with Gasteiger partial charge in [-0.05, 0) is 183 Å². The number of nitriles is 2. The monoisotopic (exact) mass is 1130 g/mol. The molecule has 2 amide bonds. The highest BCUT2D eigenvalue weighted by molar-refractivity contribution is 7.89. The highest BCUT2D eigenvalue weighted by Gasteiger charge is 2.56. The standard InChI is InChI=1S/C33H36N4O3S.C31H35N5O3S/c1-21-15-22(2)27(33(38)37-13-11-36(12-14-37)31-9-5-6-10-32(31)41(35,39)40)16-24(21)17-28-29-18-25(19-30(28)29)26-8-4-3-7-23(26)20-34;1-22-17-23(2)27(19-26(22)18-24-11-12-36(21-24)28-8-4-3-7-25(28)20-32)31(37)35-15-13-34(14-16-35)29-9-5-6-10-30(29)40(33,38)39/h3-10,15-16,25,28-30H,11-14,17-19H2,1-2H3,(H2,35,39,40);3-10,17,19,24H,11-16,18,21H2,1-2H3,(H2,33,38,39). The Morgan fingerprint density at radius 2 is 0.951 bits per heavy atom. The molecule has 3 atom stereocenters. The average molecular weight is 1130 g/mol. The Hall–Kier alpha value is -7.54. The summed E-state index contributed by atoms with van der Waals surface area (Å²) in [7, 11) is -7.68. The molecule has 6 aromatic rings. The first-order valence-corrected chi connectivity index (χ1v) is 31.2. The van der Waals surface area contributed by atoms with Crippen LogP contribution in [0, 0.1) is 74.0 Å². The molecule has 420 valence electrons. The summed E-state index contributed by atoms with van der Waals surface area (Å²) in [4.78, 5) is 37.5. The molecule has 15 nitrogen and oxygen atoms in total. The van der Waals surface area contributed by atoms with Crippen molar-refractivity contribution in [2.75, 3.05) is 80.1 Å². The molecule has 2 saturated carbocycles. The van der Waals surface area contributed by atoms with Gasteiger partial charge in [0.25, 0.3) is 11.8 Å². The lowest BCUT2D eigenvalue weighted by Crippen LogP contribution is -2.49. The van der Waals surface area contributed by atoms with Gasteiger partial charge in [0, 0.05) is 76.6 Å². The Balaban J connectivity index is 0.000000182. The first kappa shape index (κ1) is 56.7. The molecular weight excluding hydrogens is 1050 g/mol. The number of carbonyl (C=O) groups is 2. The summed E-state index contributed by atoms with van der Waals surface area (Å²) in [5.74, 6) is 3.00. The molecule has 5 fully saturated rings. The van der Waals surface area contributed by atoms with Gasteiger partial charge in [-0.15, -0.1) is 0 Å². The quantitative estimate of drug-likeness (QED) is 0.118. The van der Waals surface area contributed by atoms with Crippen LogP contribution in [0.25, 0.3) is 0 Å². The summed E-state index contributed by atoms with van der Waals surface area (Å²) >= 11 is 0. The molecule has 4 N–H and O–H groups in total. The Bertz CT molecular complexity index is 3700. The second-order valence-electron chi connectivity index (χ2n) is 22.8. The summed E-state index contributed by atoms with van der Waals surface area (Å²) in [6.07, 6.45) is 5.20. The van der Waals surface area contributed by atoms with Gasteiger partial charge in [0.05, 0.1) is 34.3 Å². The number of carbonyl (C=O) groups excluding carboxylic acids is 2. The van der Waals surface area contributed by atoms with Gasteiger partial charge in [0.1, 0.15) is 15.9 Å². The lowest BCUT2D eigenvalue weighted by molar-refractivity contribution is 0.0738. The van der Waals surface area contributed by atoms with E-state index in [0.29, 0.717) is 98.9 Å². The van der Waals surface area contributed by atoms with Crippen LogP contribution in [0.2, 0.25) is 0 Å². The third kappa shape index (κ3) is 12.2. The van der Waals surface area contributed by atoms with Crippen molar-refractivity contribution in [1.82, 2.24) is 9.80 Å². The predicted molar refractivity (Wildman–Crippen MR) is 316 cm³/mol. The van der Waals surface area contributed by atoms with Gasteiger partial charge in [0.2, 0.25) is 20.0 Å². The highest BCUT2D eigenvalue weighted by atomic mass is 32.2. The van der Waals surface area contributed by atoms with E-state index in [1.54, 1.807) is 36.4 Å². The molecule has 0 spiro atoms. The molecule has 3 unspecified atom stereocenters. The molecule has 5 aliphatic rings. The maximum absolute atomic E-state index is 13.7. The van der Waals surface area contributed by atoms with Gasteiger partial charge < -0.3 is 24.5 Å². The van der Waals surface area contributed by atoms with Gasteiger partial charge >= 0.3 is 0 Å². The van der Waals surface area contributed by atoms with Gasteiger partial charge in [-0.25, -0.2) is 27.1 Å². The third-order valence-electron chi connectivity index (χ3n) is 17.7. The zero-order valence-corrected chi connectivity index (χ0v) is 48.2. The van der Waals surface area contributed by atoms with Crippen molar-refractivity contribution in [2.24, 2.45) is 33.9 Å². The zero-order valence-electron chi connectivity index (χ0n) is 46.6. The lowest BCUT2D eigenvalue weighted by atomic mass is 9.87. The predicted octanol–water partition coefficient (Wildman–Crippen LogP) is 8.62. The number of para-hydroxylation sites is 3.